The first-order valence-electron chi connectivity index (χ1n) is 8.71. The monoisotopic (exact) mass is 354 g/mol. The second-order valence-electron chi connectivity index (χ2n) is 9.92. The molecule has 1 aliphatic carbocycles. The molecular formula is C17H38Si4. The molecule has 0 saturated carbocycles. The molecule has 0 aromatic heterocycles. The van der Waals surface area contributed by atoms with Crippen LogP contribution in [0.1, 0.15) is 25.7 Å². The Morgan fingerprint density at radius 2 is 1.24 bits per heavy atom. The van der Waals surface area contributed by atoms with Crippen LogP contribution in [0, 0.1) is 0 Å². The Hall–Kier alpha value is 0.348. The minimum absolute atomic E-state index is 1.14. The Balaban J connectivity index is 3.37. The fourth-order valence-corrected chi connectivity index (χ4v) is 100. The summed E-state index contributed by atoms with van der Waals surface area (Å²) in [4.78, 5) is 0. The molecule has 0 radical (unpaired) electrons. The Kier molecular flexibility index (Phi) is 5.96. The topological polar surface area (TPSA) is 0 Å². The number of hydrogen-bond acceptors (Lipinski definition) is 0. The van der Waals surface area contributed by atoms with E-state index in [4.69, 9.17) is 0 Å². The van der Waals surface area contributed by atoms with Crippen LogP contribution in [-0.2, 0) is 0 Å². The van der Waals surface area contributed by atoms with E-state index < -0.39 is 29.4 Å². The van der Waals surface area contributed by atoms with E-state index in [0.717, 1.165) is 0 Å². The van der Waals surface area contributed by atoms with Crippen LogP contribution in [0.2, 0.25) is 58.9 Å². The summed E-state index contributed by atoms with van der Waals surface area (Å²) in [5, 5.41) is 0. The Bertz CT molecular complexity index is 378. The summed E-state index contributed by atoms with van der Waals surface area (Å²) in [5.41, 5.74) is 4.53. The number of allylic oxidation sites excluding steroid dienone is 3. The lowest BCUT2D eigenvalue weighted by Gasteiger charge is -2.56. The van der Waals surface area contributed by atoms with Crippen LogP contribution in [0.15, 0.2) is 23.4 Å². The first-order valence-corrected chi connectivity index (χ1v) is 24.3. The predicted octanol–water partition coefficient (Wildman–Crippen LogP) is 6.28. The molecule has 4 heteroatoms. The minimum Gasteiger partial charge on any atom is -0.101 e. The predicted molar refractivity (Wildman–Crippen MR) is 111 cm³/mol. The van der Waals surface area contributed by atoms with E-state index in [1.807, 2.05) is 0 Å². The minimum atomic E-state index is -1.29. The summed E-state index contributed by atoms with van der Waals surface area (Å²) >= 11 is 0. The van der Waals surface area contributed by atoms with E-state index in [0.29, 0.717) is 0 Å². The third kappa shape index (κ3) is 4.01. The van der Waals surface area contributed by atoms with Crippen LogP contribution in [0.3, 0.4) is 0 Å². The molecule has 0 saturated heterocycles. The van der Waals surface area contributed by atoms with Crippen molar-refractivity contribution in [3.8, 4) is 0 Å². The standard InChI is InChI=1S/C17H38Si4/c1-18(2,3)21(19(4,5)6,20(7,8)9)16-15-17-13-11-10-12-14-17/h13,15-16H,10-12,14H2,1-9H3/b16-15-. The maximum absolute atomic E-state index is 2.88. The molecular weight excluding hydrogens is 317 g/mol. The SMILES string of the molecule is C[Si](C)(C)[Si](/C=C\C1=CCCCC1)([Si](C)(C)C)[Si](C)(C)C. The number of hydrogen-bond donors (Lipinski definition) is 0. The van der Waals surface area contributed by atoms with Gasteiger partial charge >= 0.3 is 0 Å². The van der Waals surface area contributed by atoms with E-state index in [2.05, 4.69) is 76.8 Å². The zero-order valence-corrected chi connectivity index (χ0v) is 20.1. The molecule has 0 heterocycles. The summed E-state index contributed by atoms with van der Waals surface area (Å²) in [6.07, 6.45) is 10.6. The van der Waals surface area contributed by atoms with Gasteiger partial charge < -0.3 is 0 Å². The molecule has 21 heavy (non-hydrogen) atoms. The summed E-state index contributed by atoms with van der Waals surface area (Å²) < 4.78 is 0. The van der Waals surface area contributed by atoms with Gasteiger partial charge in [-0.2, -0.15) is 0 Å². The largest absolute Gasteiger partial charge is 0.101 e. The van der Waals surface area contributed by atoms with Gasteiger partial charge in [0.2, 0.25) is 0 Å². The fourth-order valence-electron chi connectivity index (χ4n) is 5.37. The highest BCUT2D eigenvalue weighted by atomic mass is 29.9. The summed E-state index contributed by atoms with van der Waals surface area (Å²) in [5.74, 6) is 0. The third-order valence-corrected chi connectivity index (χ3v) is 76.5. The molecule has 0 aliphatic heterocycles. The molecule has 0 nitrogen and oxygen atoms in total. The zero-order valence-electron chi connectivity index (χ0n) is 16.1. The lowest BCUT2D eigenvalue weighted by molar-refractivity contribution is 0.712. The van der Waals surface area contributed by atoms with Gasteiger partial charge in [0, 0.05) is 22.8 Å². The fraction of sp³-hybridized carbons (Fsp3) is 0.765. The quantitative estimate of drug-likeness (QED) is 0.509. The van der Waals surface area contributed by atoms with Crippen LogP contribution in [0.25, 0.3) is 0 Å². The highest BCUT2D eigenvalue weighted by molar-refractivity contribution is 7.90. The van der Waals surface area contributed by atoms with Gasteiger partial charge in [-0.1, -0.05) is 76.6 Å². The molecule has 0 spiro atoms. The highest BCUT2D eigenvalue weighted by Crippen LogP contribution is 2.38. The zero-order chi connectivity index (χ0) is 16.5. The molecule has 0 aromatic rings. The van der Waals surface area contributed by atoms with Crippen molar-refractivity contribution >= 4 is 29.4 Å². The molecule has 0 unspecified atom stereocenters. The second kappa shape index (κ2) is 6.46. The molecule has 0 amide bonds. The van der Waals surface area contributed by atoms with Crippen molar-refractivity contribution < 1.29 is 0 Å². The van der Waals surface area contributed by atoms with Crippen molar-refractivity contribution in [2.45, 2.75) is 84.6 Å². The first kappa shape index (κ1) is 19.4. The van der Waals surface area contributed by atoms with Crippen molar-refractivity contribution in [2.75, 3.05) is 0 Å². The lowest BCUT2D eigenvalue weighted by atomic mass is 10.00. The molecule has 122 valence electrons. The maximum Gasteiger partial charge on any atom is 0.0597 e. The maximum atomic E-state index is 2.88. The average Bonchev–Trinajstić information content (AvgIpc) is 2.25. The average molecular weight is 355 g/mol. The normalized spacial score (nSPS) is 19.0. The van der Waals surface area contributed by atoms with Crippen LogP contribution < -0.4 is 0 Å². The Morgan fingerprint density at radius 1 is 0.762 bits per heavy atom. The van der Waals surface area contributed by atoms with Crippen LogP contribution in [-0.4, -0.2) is 29.4 Å². The molecule has 0 atom stereocenters. The van der Waals surface area contributed by atoms with Crippen LogP contribution >= 0.6 is 0 Å². The van der Waals surface area contributed by atoms with E-state index in [1.54, 1.807) is 5.57 Å². The Morgan fingerprint density at radius 3 is 1.57 bits per heavy atom. The van der Waals surface area contributed by atoms with Crippen molar-refractivity contribution in [1.82, 2.24) is 0 Å². The van der Waals surface area contributed by atoms with Gasteiger partial charge in [-0.25, -0.2) is 0 Å². The van der Waals surface area contributed by atoms with Gasteiger partial charge in [0.15, 0.2) is 0 Å². The smallest absolute Gasteiger partial charge is 0.0597 e. The van der Waals surface area contributed by atoms with E-state index in [-0.39, 0.29) is 0 Å². The van der Waals surface area contributed by atoms with Gasteiger partial charge in [-0.05, 0) is 25.7 Å². The number of rotatable bonds is 5. The van der Waals surface area contributed by atoms with Crippen LogP contribution in [0.5, 0.6) is 0 Å². The molecule has 0 bridgehead atoms. The van der Waals surface area contributed by atoms with Gasteiger partial charge in [0.05, 0.1) is 6.63 Å². The molecule has 1 aliphatic rings. The van der Waals surface area contributed by atoms with Crippen molar-refractivity contribution in [3.05, 3.63) is 23.4 Å². The molecule has 0 N–H and O–H groups in total. The van der Waals surface area contributed by atoms with Gasteiger partial charge in [0.1, 0.15) is 0 Å². The van der Waals surface area contributed by atoms with Gasteiger partial charge in [-0.15, -0.1) is 5.70 Å². The van der Waals surface area contributed by atoms with E-state index in [1.165, 1.54) is 25.7 Å². The van der Waals surface area contributed by atoms with Crippen molar-refractivity contribution in [2.24, 2.45) is 0 Å². The second-order valence-corrected chi connectivity index (χ2v) is 50.5. The van der Waals surface area contributed by atoms with Crippen molar-refractivity contribution in [1.29, 1.82) is 0 Å². The van der Waals surface area contributed by atoms with Crippen molar-refractivity contribution in [3.63, 3.8) is 0 Å². The Labute approximate surface area is 137 Å². The molecule has 0 fully saturated rings. The lowest BCUT2D eigenvalue weighted by Crippen LogP contribution is -2.81. The van der Waals surface area contributed by atoms with Gasteiger partial charge in [-0.3, -0.25) is 0 Å². The summed E-state index contributed by atoms with van der Waals surface area (Å²) in [7, 11) is -3.43. The van der Waals surface area contributed by atoms with E-state index in [9.17, 15) is 0 Å². The van der Waals surface area contributed by atoms with Gasteiger partial charge in [0.25, 0.3) is 0 Å². The third-order valence-electron chi connectivity index (χ3n) is 5.42. The first-order chi connectivity index (χ1) is 9.33. The summed E-state index contributed by atoms with van der Waals surface area (Å²) in [6.45, 7) is 22.8. The molecule has 1 rings (SSSR count). The van der Waals surface area contributed by atoms with E-state index >= 15 is 0 Å². The van der Waals surface area contributed by atoms with Crippen LogP contribution in [0.4, 0.5) is 0 Å². The molecule has 0 aromatic carbocycles. The highest BCUT2D eigenvalue weighted by Gasteiger charge is 2.59. The summed E-state index contributed by atoms with van der Waals surface area (Å²) in [6, 6.07) is 0.